The molecule has 4 nitrogen and oxygen atoms in total. The minimum Gasteiger partial charge on any atom is -0.508 e. The molecule has 0 fully saturated rings. The number of hydrogen-bond donors (Lipinski definition) is 1. The van der Waals surface area contributed by atoms with Crippen LogP contribution < -0.4 is 0 Å². The third-order valence-electron chi connectivity index (χ3n) is 3.23. The van der Waals surface area contributed by atoms with Crippen LogP contribution >= 0.6 is 0 Å². The lowest BCUT2D eigenvalue weighted by Gasteiger charge is -2.27. The number of phenolic OH excluding ortho intramolecular Hbond substituents is 1. The molecule has 1 unspecified atom stereocenters. The minimum atomic E-state index is 0.0866. The molecule has 0 saturated heterocycles. The first kappa shape index (κ1) is 14.5. The van der Waals surface area contributed by atoms with Crippen molar-refractivity contribution in [1.82, 2.24) is 9.88 Å². The number of rotatable bonds is 6. The van der Waals surface area contributed by atoms with Crippen molar-refractivity contribution in [1.29, 1.82) is 0 Å². The number of hydrogen-bond acceptors (Lipinski definition) is 4. The summed E-state index contributed by atoms with van der Waals surface area (Å²) in [5, 5.41) is 9.53. The van der Waals surface area contributed by atoms with Crippen LogP contribution in [0.15, 0.2) is 48.7 Å². The van der Waals surface area contributed by atoms with E-state index < -0.39 is 0 Å². The molecule has 0 amide bonds. The summed E-state index contributed by atoms with van der Waals surface area (Å²) >= 11 is 0. The average molecular weight is 272 g/mol. The van der Waals surface area contributed by atoms with Crippen molar-refractivity contribution in [3.63, 3.8) is 0 Å². The number of aromatic nitrogens is 1. The maximum absolute atomic E-state index is 9.53. The highest BCUT2D eigenvalue weighted by atomic mass is 16.5. The first-order valence-corrected chi connectivity index (χ1v) is 6.58. The number of ether oxygens (including phenoxy) is 1. The van der Waals surface area contributed by atoms with Crippen molar-refractivity contribution < 1.29 is 9.84 Å². The molecular weight excluding hydrogens is 252 g/mol. The fourth-order valence-corrected chi connectivity index (χ4v) is 2.22. The van der Waals surface area contributed by atoms with Crippen LogP contribution in [0.1, 0.15) is 17.3 Å². The minimum absolute atomic E-state index is 0.0866. The first-order chi connectivity index (χ1) is 9.70. The van der Waals surface area contributed by atoms with Gasteiger partial charge >= 0.3 is 0 Å². The van der Waals surface area contributed by atoms with Crippen molar-refractivity contribution in [2.75, 3.05) is 20.8 Å². The summed E-state index contributed by atoms with van der Waals surface area (Å²) in [5.74, 6) is 0.289. The Balaban J connectivity index is 2.13. The Hall–Kier alpha value is -1.91. The first-order valence-electron chi connectivity index (χ1n) is 6.58. The zero-order valence-electron chi connectivity index (χ0n) is 11.9. The second kappa shape index (κ2) is 7.03. The van der Waals surface area contributed by atoms with Gasteiger partial charge in [0.15, 0.2) is 0 Å². The Kier molecular flexibility index (Phi) is 5.09. The quantitative estimate of drug-likeness (QED) is 0.878. The fourth-order valence-electron chi connectivity index (χ4n) is 2.22. The number of methoxy groups -OCH3 is 1. The molecule has 106 valence electrons. The highest BCUT2D eigenvalue weighted by Gasteiger charge is 2.18. The van der Waals surface area contributed by atoms with E-state index in [1.165, 1.54) is 0 Å². The largest absolute Gasteiger partial charge is 0.508 e. The molecule has 0 aliphatic rings. The van der Waals surface area contributed by atoms with Gasteiger partial charge in [0, 0.05) is 19.9 Å². The van der Waals surface area contributed by atoms with Crippen LogP contribution in [0.3, 0.4) is 0 Å². The Morgan fingerprint density at radius 1 is 1.25 bits per heavy atom. The second-order valence-electron chi connectivity index (χ2n) is 4.81. The number of phenols is 1. The van der Waals surface area contributed by atoms with E-state index in [0.29, 0.717) is 6.61 Å². The van der Waals surface area contributed by atoms with Crippen molar-refractivity contribution >= 4 is 0 Å². The van der Waals surface area contributed by atoms with Crippen molar-refractivity contribution in [3.05, 3.63) is 59.9 Å². The van der Waals surface area contributed by atoms with E-state index in [1.807, 2.05) is 37.4 Å². The van der Waals surface area contributed by atoms with Gasteiger partial charge in [0.25, 0.3) is 0 Å². The molecule has 0 radical (unpaired) electrons. The van der Waals surface area contributed by atoms with E-state index in [9.17, 15) is 5.11 Å². The molecule has 1 atom stereocenters. The van der Waals surface area contributed by atoms with Crippen LogP contribution in [0.25, 0.3) is 0 Å². The number of benzene rings is 1. The molecule has 0 aliphatic carbocycles. The van der Waals surface area contributed by atoms with Crippen LogP contribution in [0, 0.1) is 0 Å². The van der Waals surface area contributed by atoms with Crippen molar-refractivity contribution in [2.45, 2.75) is 12.6 Å². The number of nitrogens with zero attached hydrogens (tertiary/aromatic N) is 2. The molecule has 1 N–H and O–H groups in total. The monoisotopic (exact) mass is 272 g/mol. The summed E-state index contributed by atoms with van der Waals surface area (Å²) in [6.07, 6.45) is 1.79. The maximum Gasteiger partial charge on any atom is 0.115 e. The molecule has 0 spiro atoms. The van der Waals surface area contributed by atoms with Gasteiger partial charge in [0.1, 0.15) is 5.75 Å². The fraction of sp³-hybridized carbons (Fsp3) is 0.312. The predicted molar refractivity (Wildman–Crippen MR) is 78.4 cm³/mol. The van der Waals surface area contributed by atoms with E-state index in [4.69, 9.17) is 4.74 Å². The summed E-state index contributed by atoms with van der Waals surface area (Å²) in [5.41, 5.74) is 2.04. The van der Waals surface area contributed by atoms with Crippen molar-refractivity contribution in [2.24, 2.45) is 0 Å². The molecule has 0 aliphatic heterocycles. The topological polar surface area (TPSA) is 45.6 Å². The van der Waals surface area contributed by atoms with E-state index in [2.05, 4.69) is 9.88 Å². The van der Waals surface area contributed by atoms with Crippen LogP contribution in [0.2, 0.25) is 0 Å². The lowest BCUT2D eigenvalue weighted by molar-refractivity contribution is 0.1000. The maximum atomic E-state index is 9.53. The van der Waals surface area contributed by atoms with E-state index in [1.54, 1.807) is 25.4 Å². The molecule has 0 saturated carbocycles. The normalized spacial score (nSPS) is 12.6. The lowest BCUT2D eigenvalue weighted by Crippen LogP contribution is -2.28. The van der Waals surface area contributed by atoms with Gasteiger partial charge < -0.3 is 9.84 Å². The number of likely N-dealkylation sites (N-methyl/N-ethyl adjacent to an activating group) is 1. The molecule has 20 heavy (non-hydrogen) atoms. The predicted octanol–water partition coefficient (Wildman–Crippen LogP) is 2.61. The zero-order chi connectivity index (χ0) is 14.4. The van der Waals surface area contributed by atoms with Gasteiger partial charge in [-0.05, 0) is 36.9 Å². The average Bonchev–Trinajstić information content (AvgIpc) is 2.45. The second-order valence-corrected chi connectivity index (χ2v) is 4.81. The Morgan fingerprint density at radius 3 is 2.75 bits per heavy atom. The van der Waals surface area contributed by atoms with Crippen LogP contribution in [0.4, 0.5) is 0 Å². The molecule has 4 heteroatoms. The zero-order valence-corrected chi connectivity index (χ0v) is 11.9. The molecule has 1 aromatic carbocycles. The van der Waals surface area contributed by atoms with Gasteiger partial charge in [-0.25, -0.2) is 0 Å². The third kappa shape index (κ3) is 3.79. The van der Waals surface area contributed by atoms with E-state index >= 15 is 0 Å². The summed E-state index contributed by atoms with van der Waals surface area (Å²) in [6.45, 7) is 1.30. The van der Waals surface area contributed by atoms with Gasteiger partial charge in [0.2, 0.25) is 0 Å². The van der Waals surface area contributed by atoms with Gasteiger partial charge in [0.05, 0.1) is 18.3 Å². The van der Waals surface area contributed by atoms with Crippen LogP contribution in [-0.4, -0.2) is 35.8 Å². The van der Waals surface area contributed by atoms with Crippen LogP contribution in [-0.2, 0) is 11.3 Å². The Bertz CT molecular complexity index is 531. The van der Waals surface area contributed by atoms with Crippen LogP contribution in [0.5, 0.6) is 5.75 Å². The highest BCUT2D eigenvalue weighted by molar-refractivity contribution is 5.27. The Morgan fingerprint density at radius 2 is 2.10 bits per heavy atom. The van der Waals surface area contributed by atoms with E-state index in [-0.39, 0.29) is 11.8 Å². The summed E-state index contributed by atoms with van der Waals surface area (Å²) in [4.78, 5) is 6.57. The molecule has 2 aromatic rings. The molecule has 1 aromatic heterocycles. The Labute approximate surface area is 119 Å². The SMILES string of the molecule is COCC(c1ccccn1)N(C)Cc1cccc(O)c1. The summed E-state index contributed by atoms with van der Waals surface area (Å²) < 4.78 is 5.31. The van der Waals surface area contributed by atoms with Gasteiger partial charge in [-0.3, -0.25) is 9.88 Å². The van der Waals surface area contributed by atoms with Gasteiger partial charge in [-0.1, -0.05) is 18.2 Å². The molecule has 2 rings (SSSR count). The lowest BCUT2D eigenvalue weighted by atomic mass is 10.1. The standard InChI is InChI=1S/C16H20N2O2/c1-18(11-13-6-5-7-14(19)10-13)16(12-20-2)15-8-3-4-9-17-15/h3-10,16,19H,11-12H2,1-2H3. The van der Waals surface area contributed by atoms with Gasteiger partial charge in [-0.15, -0.1) is 0 Å². The molecule has 1 heterocycles. The van der Waals surface area contributed by atoms with Crippen molar-refractivity contribution in [3.8, 4) is 5.75 Å². The number of aromatic hydroxyl groups is 1. The van der Waals surface area contributed by atoms with Gasteiger partial charge in [-0.2, -0.15) is 0 Å². The van der Waals surface area contributed by atoms with E-state index in [0.717, 1.165) is 17.8 Å². The molecule has 0 bridgehead atoms. The summed E-state index contributed by atoms with van der Waals surface area (Å²) in [7, 11) is 3.72. The smallest absolute Gasteiger partial charge is 0.115 e. The molecular formula is C16H20N2O2. The summed E-state index contributed by atoms with van der Waals surface area (Å²) in [6, 6.07) is 13.3. The third-order valence-corrected chi connectivity index (χ3v) is 3.23. The number of pyridine rings is 1. The highest BCUT2D eigenvalue weighted by Crippen LogP contribution is 2.21.